The van der Waals surface area contributed by atoms with Crippen LogP contribution in [0.15, 0.2) is 39.9 Å². The molecule has 8 nitrogen and oxygen atoms in total. The zero-order valence-electron chi connectivity index (χ0n) is 17.3. The van der Waals surface area contributed by atoms with Gasteiger partial charge in [-0.25, -0.2) is 4.79 Å². The number of nitrogens with one attached hydrogen (secondary N) is 2. The Hall–Kier alpha value is -3.20. The molecule has 0 saturated heterocycles. The summed E-state index contributed by atoms with van der Waals surface area (Å²) in [4.78, 5) is 52.0. The first kappa shape index (κ1) is 21.0. The van der Waals surface area contributed by atoms with Crippen LogP contribution in [0.4, 0.5) is 0 Å². The van der Waals surface area contributed by atoms with Crippen molar-refractivity contribution in [2.45, 2.75) is 52.1 Å². The SMILES string of the molecule is CCn1c(=O)c2ccccc2n(CC(=O)NNC(=O)c2cc3c(s2)CCCCC3)c1=O. The van der Waals surface area contributed by atoms with E-state index >= 15 is 0 Å². The predicted molar refractivity (Wildman–Crippen MR) is 119 cm³/mol. The molecule has 2 N–H and O–H groups in total. The molecule has 2 heterocycles. The molecule has 9 heteroatoms. The summed E-state index contributed by atoms with van der Waals surface area (Å²) in [5, 5.41) is 0.362. The lowest BCUT2D eigenvalue weighted by molar-refractivity contribution is -0.122. The van der Waals surface area contributed by atoms with Crippen LogP contribution in [-0.2, 0) is 30.7 Å². The normalized spacial score (nSPS) is 13.5. The largest absolute Gasteiger partial charge is 0.331 e. The molecule has 1 aliphatic rings. The second-order valence-electron chi connectivity index (χ2n) is 7.56. The minimum absolute atomic E-state index is 0.198. The average Bonchev–Trinajstić information content (AvgIpc) is 3.06. The molecule has 2 aromatic heterocycles. The van der Waals surface area contributed by atoms with Gasteiger partial charge in [0.05, 0.1) is 15.8 Å². The van der Waals surface area contributed by atoms with Crippen LogP contribution in [0.1, 0.15) is 46.3 Å². The molecule has 1 aliphatic carbocycles. The molecule has 0 bridgehead atoms. The van der Waals surface area contributed by atoms with Crippen molar-refractivity contribution in [1.29, 1.82) is 0 Å². The lowest BCUT2D eigenvalue weighted by Crippen LogP contribution is -2.46. The number of amides is 2. The van der Waals surface area contributed by atoms with E-state index in [9.17, 15) is 19.2 Å². The summed E-state index contributed by atoms with van der Waals surface area (Å²) in [6, 6.07) is 8.57. The number of benzene rings is 1. The highest BCUT2D eigenvalue weighted by atomic mass is 32.1. The van der Waals surface area contributed by atoms with Gasteiger partial charge < -0.3 is 0 Å². The fraction of sp³-hybridized carbons (Fsp3) is 0.364. The fourth-order valence-electron chi connectivity index (χ4n) is 3.95. The third kappa shape index (κ3) is 4.18. The molecule has 0 fully saturated rings. The molecule has 0 aliphatic heterocycles. The number of aryl methyl sites for hydroxylation is 2. The quantitative estimate of drug-likeness (QED) is 0.478. The van der Waals surface area contributed by atoms with E-state index in [1.807, 2.05) is 6.07 Å². The molecule has 4 rings (SSSR count). The van der Waals surface area contributed by atoms with E-state index in [1.54, 1.807) is 31.2 Å². The molecule has 0 radical (unpaired) electrons. The Bertz CT molecular complexity index is 1250. The van der Waals surface area contributed by atoms with Crippen LogP contribution in [0, 0.1) is 0 Å². The smallest absolute Gasteiger partial charge is 0.284 e. The van der Waals surface area contributed by atoms with Crippen molar-refractivity contribution in [1.82, 2.24) is 20.0 Å². The Labute approximate surface area is 182 Å². The summed E-state index contributed by atoms with van der Waals surface area (Å²) in [6.45, 7) is 1.58. The second-order valence-corrected chi connectivity index (χ2v) is 8.69. The van der Waals surface area contributed by atoms with Crippen molar-refractivity contribution in [2.24, 2.45) is 0 Å². The van der Waals surface area contributed by atoms with Crippen LogP contribution in [0.5, 0.6) is 0 Å². The Morgan fingerprint density at radius 2 is 1.81 bits per heavy atom. The van der Waals surface area contributed by atoms with E-state index in [0.29, 0.717) is 15.8 Å². The third-order valence-electron chi connectivity index (χ3n) is 5.54. The van der Waals surface area contributed by atoms with Crippen LogP contribution >= 0.6 is 11.3 Å². The second kappa shape index (κ2) is 8.89. The predicted octanol–water partition coefficient (Wildman–Crippen LogP) is 1.97. The molecule has 0 atom stereocenters. The lowest BCUT2D eigenvalue weighted by atomic mass is 10.1. The number of nitrogens with zero attached hydrogens (tertiary/aromatic N) is 2. The van der Waals surface area contributed by atoms with E-state index in [1.165, 1.54) is 32.8 Å². The molecule has 3 aromatic rings. The van der Waals surface area contributed by atoms with Gasteiger partial charge in [-0.2, -0.15) is 0 Å². The lowest BCUT2D eigenvalue weighted by Gasteiger charge is -2.13. The number of hydrogen-bond acceptors (Lipinski definition) is 5. The van der Waals surface area contributed by atoms with Crippen LogP contribution in [0.25, 0.3) is 10.9 Å². The van der Waals surface area contributed by atoms with E-state index in [0.717, 1.165) is 30.3 Å². The van der Waals surface area contributed by atoms with E-state index in [-0.39, 0.29) is 24.6 Å². The molecular weight excluding hydrogens is 416 g/mol. The van der Waals surface area contributed by atoms with Crippen LogP contribution in [0.2, 0.25) is 0 Å². The number of fused-ring (bicyclic) bond motifs is 2. The van der Waals surface area contributed by atoms with Gasteiger partial charge in [-0.05, 0) is 56.4 Å². The number of para-hydroxylation sites is 1. The van der Waals surface area contributed by atoms with Gasteiger partial charge in [0.1, 0.15) is 6.54 Å². The highest BCUT2D eigenvalue weighted by Gasteiger charge is 2.18. The highest BCUT2D eigenvalue weighted by Crippen LogP contribution is 2.28. The zero-order valence-corrected chi connectivity index (χ0v) is 18.1. The van der Waals surface area contributed by atoms with Crippen molar-refractivity contribution in [3.05, 3.63) is 66.5 Å². The van der Waals surface area contributed by atoms with Gasteiger partial charge in [-0.15, -0.1) is 11.3 Å². The molecule has 0 saturated carbocycles. The zero-order chi connectivity index (χ0) is 22.0. The van der Waals surface area contributed by atoms with Gasteiger partial charge in [0, 0.05) is 11.4 Å². The number of aromatic nitrogens is 2. The number of carbonyl (C=O) groups excluding carboxylic acids is 2. The first-order chi connectivity index (χ1) is 15.0. The Kier molecular flexibility index (Phi) is 6.03. The number of thiophene rings is 1. The van der Waals surface area contributed by atoms with Gasteiger partial charge in [0.25, 0.3) is 17.4 Å². The number of rotatable bonds is 4. The van der Waals surface area contributed by atoms with Crippen LogP contribution in [0.3, 0.4) is 0 Å². The molecule has 31 heavy (non-hydrogen) atoms. The molecule has 0 spiro atoms. The summed E-state index contributed by atoms with van der Waals surface area (Å²) >= 11 is 1.47. The number of hydrogen-bond donors (Lipinski definition) is 2. The summed E-state index contributed by atoms with van der Waals surface area (Å²) in [6.07, 6.45) is 5.44. The highest BCUT2D eigenvalue weighted by molar-refractivity contribution is 7.14. The summed E-state index contributed by atoms with van der Waals surface area (Å²) in [5.41, 5.74) is 5.48. The van der Waals surface area contributed by atoms with E-state index in [2.05, 4.69) is 10.9 Å². The van der Waals surface area contributed by atoms with Crippen molar-refractivity contribution < 1.29 is 9.59 Å². The Balaban J connectivity index is 1.50. The maximum Gasteiger partial charge on any atom is 0.331 e. The molecule has 2 amide bonds. The summed E-state index contributed by atoms with van der Waals surface area (Å²) < 4.78 is 2.34. The molecule has 162 valence electrons. The maximum atomic E-state index is 12.7. The van der Waals surface area contributed by atoms with Gasteiger partial charge in [-0.1, -0.05) is 18.6 Å². The fourth-order valence-corrected chi connectivity index (χ4v) is 5.10. The van der Waals surface area contributed by atoms with Crippen molar-refractivity contribution in [3.8, 4) is 0 Å². The number of carbonyl (C=O) groups is 2. The van der Waals surface area contributed by atoms with Crippen LogP contribution in [-0.4, -0.2) is 20.9 Å². The molecular formula is C22H24N4O4S. The first-order valence-electron chi connectivity index (χ1n) is 10.4. The van der Waals surface area contributed by atoms with Crippen molar-refractivity contribution in [2.75, 3.05) is 0 Å². The maximum absolute atomic E-state index is 12.7. The minimum atomic E-state index is -0.560. The monoisotopic (exact) mass is 440 g/mol. The van der Waals surface area contributed by atoms with Crippen LogP contribution < -0.4 is 22.1 Å². The molecule has 1 aromatic carbocycles. The van der Waals surface area contributed by atoms with Gasteiger partial charge in [0.15, 0.2) is 0 Å². The summed E-state index contributed by atoms with van der Waals surface area (Å²) in [7, 11) is 0. The standard InChI is InChI=1S/C22H24N4O4S/c1-2-25-21(29)15-9-6-7-10-16(15)26(22(25)30)13-19(27)23-24-20(28)18-12-14-8-4-3-5-11-17(14)31-18/h6-7,9-10,12H,2-5,8,11,13H2,1H3,(H,23,27)(H,24,28). The minimum Gasteiger partial charge on any atom is -0.284 e. The topological polar surface area (TPSA) is 102 Å². The van der Waals surface area contributed by atoms with E-state index in [4.69, 9.17) is 0 Å². The number of hydrazine groups is 1. The van der Waals surface area contributed by atoms with Gasteiger partial charge in [-0.3, -0.25) is 34.4 Å². The first-order valence-corrected chi connectivity index (χ1v) is 11.2. The van der Waals surface area contributed by atoms with Gasteiger partial charge in [0.2, 0.25) is 0 Å². The molecule has 0 unspecified atom stereocenters. The average molecular weight is 441 g/mol. The third-order valence-corrected chi connectivity index (χ3v) is 6.77. The van der Waals surface area contributed by atoms with Crippen molar-refractivity contribution in [3.63, 3.8) is 0 Å². The summed E-state index contributed by atoms with van der Waals surface area (Å²) in [5.74, 6) is -0.929. The Morgan fingerprint density at radius 1 is 1.03 bits per heavy atom. The Morgan fingerprint density at radius 3 is 2.61 bits per heavy atom. The van der Waals surface area contributed by atoms with E-state index < -0.39 is 11.6 Å². The van der Waals surface area contributed by atoms with Crippen molar-refractivity contribution >= 4 is 34.1 Å². The van der Waals surface area contributed by atoms with Gasteiger partial charge >= 0.3 is 5.69 Å².